The first-order valence-corrected chi connectivity index (χ1v) is 7.32. The molecule has 1 fully saturated rings. The third kappa shape index (κ3) is 6.04. The Balaban J connectivity index is 0.00000220. The molecule has 0 unspecified atom stereocenters. The highest BCUT2D eigenvalue weighted by Gasteiger charge is 2.16. The number of hydrogen-bond acceptors (Lipinski definition) is 3. The van der Waals surface area contributed by atoms with Crippen molar-refractivity contribution in [2.45, 2.75) is 31.7 Å². The smallest absolute Gasteiger partial charge is 0.220 e. The summed E-state index contributed by atoms with van der Waals surface area (Å²) >= 11 is 5.77. The number of Topliss-reactive ketones (excluding diaryl/α,β-unsaturated/α-hetero) is 1. The predicted octanol–water partition coefficient (Wildman–Crippen LogP) is 2.59. The summed E-state index contributed by atoms with van der Waals surface area (Å²) < 4.78 is 0. The summed E-state index contributed by atoms with van der Waals surface area (Å²) in [5.41, 5.74) is 0.599. The van der Waals surface area contributed by atoms with Crippen molar-refractivity contribution in [1.82, 2.24) is 10.6 Å². The Morgan fingerprint density at radius 3 is 2.57 bits per heavy atom. The highest BCUT2D eigenvalue weighted by molar-refractivity contribution is 6.30. The summed E-state index contributed by atoms with van der Waals surface area (Å²) in [6, 6.07) is 6.94. The molecule has 1 aliphatic heterocycles. The van der Waals surface area contributed by atoms with Crippen LogP contribution in [0.3, 0.4) is 0 Å². The van der Waals surface area contributed by atoms with Gasteiger partial charge >= 0.3 is 0 Å². The molecule has 1 aliphatic rings. The summed E-state index contributed by atoms with van der Waals surface area (Å²) in [5.74, 6) is -0.0837. The Labute approximate surface area is 136 Å². The fourth-order valence-corrected chi connectivity index (χ4v) is 2.41. The Hall–Kier alpha value is -1.10. The molecule has 0 radical (unpaired) electrons. The standard InChI is InChI=1S/C15H19ClN2O2.ClH/c16-12-5-3-11(4-6-12)14(19)7-8-15(20)18-13-2-1-9-17-10-13;/h3-6,13,17H,1-2,7-10H2,(H,18,20);1H/t13-;/m0./s1. The minimum Gasteiger partial charge on any atom is -0.352 e. The van der Waals surface area contributed by atoms with Crippen LogP contribution in [-0.4, -0.2) is 30.8 Å². The van der Waals surface area contributed by atoms with Crippen molar-refractivity contribution in [2.75, 3.05) is 13.1 Å². The van der Waals surface area contributed by atoms with E-state index in [-0.39, 0.29) is 43.0 Å². The van der Waals surface area contributed by atoms with Crippen molar-refractivity contribution in [1.29, 1.82) is 0 Å². The lowest BCUT2D eigenvalue weighted by Gasteiger charge is -2.23. The second-order valence-electron chi connectivity index (χ2n) is 5.04. The number of piperidine rings is 1. The molecule has 1 amide bonds. The number of rotatable bonds is 5. The van der Waals surface area contributed by atoms with Gasteiger partial charge in [-0.3, -0.25) is 9.59 Å². The first-order chi connectivity index (χ1) is 9.65. The number of benzene rings is 1. The van der Waals surface area contributed by atoms with Crippen molar-refractivity contribution in [3.63, 3.8) is 0 Å². The van der Waals surface area contributed by atoms with Gasteiger partial charge in [-0.1, -0.05) is 11.6 Å². The normalized spacial score (nSPS) is 17.7. The second-order valence-corrected chi connectivity index (χ2v) is 5.48. The first-order valence-electron chi connectivity index (χ1n) is 6.94. The molecule has 0 bridgehead atoms. The highest BCUT2D eigenvalue weighted by Crippen LogP contribution is 2.12. The van der Waals surface area contributed by atoms with Crippen LogP contribution in [0.25, 0.3) is 0 Å². The number of amides is 1. The van der Waals surface area contributed by atoms with E-state index in [9.17, 15) is 9.59 Å². The lowest BCUT2D eigenvalue weighted by molar-refractivity contribution is -0.121. The van der Waals surface area contributed by atoms with Crippen molar-refractivity contribution in [2.24, 2.45) is 0 Å². The zero-order chi connectivity index (χ0) is 14.4. The van der Waals surface area contributed by atoms with Gasteiger partial charge in [0.2, 0.25) is 5.91 Å². The minimum atomic E-state index is -0.0546. The average Bonchev–Trinajstić information content (AvgIpc) is 2.46. The molecule has 0 aromatic heterocycles. The molecule has 1 aromatic carbocycles. The number of carbonyl (C=O) groups is 2. The van der Waals surface area contributed by atoms with E-state index in [2.05, 4.69) is 10.6 Å². The van der Waals surface area contributed by atoms with Crippen molar-refractivity contribution < 1.29 is 9.59 Å². The van der Waals surface area contributed by atoms with Crippen LogP contribution in [0.2, 0.25) is 5.02 Å². The largest absolute Gasteiger partial charge is 0.352 e. The van der Waals surface area contributed by atoms with Gasteiger partial charge in [0, 0.05) is 36.0 Å². The van der Waals surface area contributed by atoms with E-state index in [0.717, 1.165) is 25.9 Å². The third-order valence-corrected chi connectivity index (χ3v) is 3.66. The summed E-state index contributed by atoms with van der Waals surface area (Å²) in [7, 11) is 0. The van der Waals surface area contributed by atoms with Crippen LogP contribution in [0.15, 0.2) is 24.3 Å². The Kier molecular flexibility index (Phi) is 7.72. The molecule has 2 rings (SSSR count). The third-order valence-electron chi connectivity index (χ3n) is 3.41. The molecule has 1 atom stereocenters. The van der Waals surface area contributed by atoms with E-state index in [0.29, 0.717) is 10.6 Å². The molecule has 2 N–H and O–H groups in total. The molecule has 21 heavy (non-hydrogen) atoms. The van der Waals surface area contributed by atoms with Gasteiger partial charge in [0.25, 0.3) is 0 Å². The fourth-order valence-electron chi connectivity index (χ4n) is 2.28. The summed E-state index contributed by atoms with van der Waals surface area (Å²) in [6.45, 7) is 1.83. The lowest BCUT2D eigenvalue weighted by Crippen LogP contribution is -2.45. The average molecular weight is 331 g/mol. The molecule has 0 spiro atoms. The Bertz CT molecular complexity index is 471. The topological polar surface area (TPSA) is 58.2 Å². The van der Waals surface area contributed by atoms with Crippen LogP contribution in [0, 0.1) is 0 Å². The summed E-state index contributed by atoms with van der Waals surface area (Å²) in [6.07, 6.45) is 2.55. The molecule has 1 saturated heterocycles. The zero-order valence-electron chi connectivity index (χ0n) is 11.7. The molecule has 0 aliphatic carbocycles. The van der Waals surface area contributed by atoms with E-state index in [4.69, 9.17) is 11.6 Å². The molecule has 4 nitrogen and oxygen atoms in total. The Morgan fingerprint density at radius 2 is 1.95 bits per heavy atom. The van der Waals surface area contributed by atoms with Gasteiger partial charge in [0.1, 0.15) is 0 Å². The van der Waals surface area contributed by atoms with Gasteiger partial charge < -0.3 is 10.6 Å². The van der Waals surface area contributed by atoms with Crippen LogP contribution in [-0.2, 0) is 4.79 Å². The predicted molar refractivity (Wildman–Crippen MR) is 86.3 cm³/mol. The molecule has 0 saturated carbocycles. The quantitative estimate of drug-likeness (QED) is 0.816. The first kappa shape index (κ1) is 18.0. The van der Waals surface area contributed by atoms with Gasteiger partial charge in [-0.15, -0.1) is 12.4 Å². The van der Waals surface area contributed by atoms with Gasteiger partial charge in [0.15, 0.2) is 5.78 Å². The zero-order valence-corrected chi connectivity index (χ0v) is 13.3. The van der Waals surface area contributed by atoms with Crippen molar-refractivity contribution in [3.8, 4) is 0 Å². The lowest BCUT2D eigenvalue weighted by atomic mass is 10.1. The summed E-state index contributed by atoms with van der Waals surface area (Å²) in [5, 5.41) is 6.80. The maximum atomic E-state index is 11.9. The number of hydrogen-bond donors (Lipinski definition) is 2. The second kappa shape index (κ2) is 9.03. The highest BCUT2D eigenvalue weighted by atomic mass is 35.5. The van der Waals surface area contributed by atoms with E-state index in [1.165, 1.54) is 0 Å². The van der Waals surface area contributed by atoms with Gasteiger partial charge in [0.05, 0.1) is 0 Å². The van der Waals surface area contributed by atoms with E-state index in [1.54, 1.807) is 24.3 Å². The number of nitrogens with one attached hydrogen (secondary N) is 2. The number of ketones is 1. The van der Waals surface area contributed by atoms with E-state index < -0.39 is 0 Å². The molecule has 116 valence electrons. The fraction of sp³-hybridized carbons (Fsp3) is 0.467. The molecule has 6 heteroatoms. The number of carbonyl (C=O) groups excluding carboxylic acids is 2. The minimum absolute atomic E-state index is 0. The SMILES string of the molecule is Cl.O=C(CCC(=O)c1ccc(Cl)cc1)N[C@H]1CCCNC1. The van der Waals surface area contributed by atoms with E-state index >= 15 is 0 Å². The molecular formula is C15H20Cl2N2O2. The van der Waals surface area contributed by atoms with Gasteiger partial charge in [-0.2, -0.15) is 0 Å². The van der Waals surface area contributed by atoms with Crippen molar-refractivity contribution in [3.05, 3.63) is 34.9 Å². The monoisotopic (exact) mass is 330 g/mol. The van der Waals surface area contributed by atoms with Crippen LogP contribution in [0.1, 0.15) is 36.0 Å². The number of halogens is 2. The van der Waals surface area contributed by atoms with Crippen LogP contribution in [0.5, 0.6) is 0 Å². The maximum Gasteiger partial charge on any atom is 0.220 e. The molecule has 1 heterocycles. The molecular weight excluding hydrogens is 311 g/mol. The summed E-state index contributed by atoms with van der Waals surface area (Å²) in [4.78, 5) is 23.7. The van der Waals surface area contributed by atoms with Gasteiger partial charge in [-0.25, -0.2) is 0 Å². The Morgan fingerprint density at radius 1 is 1.24 bits per heavy atom. The van der Waals surface area contributed by atoms with Crippen molar-refractivity contribution >= 4 is 35.7 Å². The van der Waals surface area contributed by atoms with Gasteiger partial charge in [-0.05, 0) is 43.7 Å². The van der Waals surface area contributed by atoms with Crippen LogP contribution in [0.4, 0.5) is 0 Å². The van der Waals surface area contributed by atoms with Crippen LogP contribution < -0.4 is 10.6 Å². The molecule has 1 aromatic rings. The maximum absolute atomic E-state index is 11.9. The van der Waals surface area contributed by atoms with Crippen LogP contribution >= 0.6 is 24.0 Å². The van der Waals surface area contributed by atoms with E-state index in [1.807, 2.05) is 0 Å².